The Morgan fingerprint density at radius 1 is 1.19 bits per heavy atom. The predicted molar refractivity (Wildman–Crippen MR) is 87.9 cm³/mol. The molecular weight excluding hydrogens is 355 g/mol. The van der Waals surface area contributed by atoms with Gasteiger partial charge in [0.15, 0.2) is 0 Å². The van der Waals surface area contributed by atoms with Crippen molar-refractivity contribution in [2.24, 2.45) is 4.99 Å². The van der Waals surface area contributed by atoms with Crippen LogP contribution in [0, 0.1) is 11.6 Å². The zero-order valence-electron chi connectivity index (χ0n) is 13.3. The van der Waals surface area contributed by atoms with Crippen LogP contribution < -0.4 is 4.74 Å². The van der Waals surface area contributed by atoms with Gasteiger partial charge in [0.05, 0.1) is 6.21 Å². The van der Waals surface area contributed by atoms with Crippen LogP contribution in [0.15, 0.2) is 66.0 Å². The molecule has 0 unspecified atom stereocenters. The van der Waals surface area contributed by atoms with Crippen molar-refractivity contribution in [2.75, 3.05) is 6.54 Å². The SMILES string of the molecule is C=C/C=C(\C=NCC(F)(F)F)Oc1ncccc1-c1cc(F)ccc1F. The van der Waals surface area contributed by atoms with E-state index in [0.29, 0.717) is 0 Å². The number of hydrogen-bond donors (Lipinski definition) is 0. The maximum absolute atomic E-state index is 14.0. The predicted octanol–water partition coefficient (Wildman–Crippen LogP) is 5.11. The molecule has 1 aromatic heterocycles. The first-order valence-electron chi connectivity index (χ1n) is 7.28. The first kappa shape index (κ1) is 19.3. The Labute approximate surface area is 146 Å². The molecule has 0 spiro atoms. The van der Waals surface area contributed by atoms with E-state index in [9.17, 15) is 22.0 Å². The Bertz CT molecular complexity index is 844. The third-order valence-electron chi connectivity index (χ3n) is 2.98. The second kappa shape index (κ2) is 8.37. The summed E-state index contributed by atoms with van der Waals surface area (Å²) >= 11 is 0. The van der Waals surface area contributed by atoms with E-state index in [0.717, 1.165) is 24.4 Å². The van der Waals surface area contributed by atoms with Crippen molar-refractivity contribution >= 4 is 6.21 Å². The van der Waals surface area contributed by atoms with Gasteiger partial charge in [0.25, 0.3) is 0 Å². The number of hydrogen-bond acceptors (Lipinski definition) is 3. The summed E-state index contributed by atoms with van der Waals surface area (Å²) in [5.41, 5.74) is 0.0296. The molecule has 1 heterocycles. The zero-order valence-corrected chi connectivity index (χ0v) is 13.3. The molecule has 8 heteroatoms. The van der Waals surface area contributed by atoms with Gasteiger partial charge >= 0.3 is 6.18 Å². The molecule has 0 atom stereocenters. The van der Waals surface area contributed by atoms with Gasteiger partial charge in [0.2, 0.25) is 5.88 Å². The molecule has 0 fully saturated rings. The molecule has 0 N–H and O–H groups in total. The lowest BCUT2D eigenvalue weighted by atomic mass is 10.1. The van der Waals surface area contributed by atoms with Crippen LogP contribution in [0.25, 0.3) is 11.1 Å². The van der Waals surface area contributed by atoms with Crippen molar-refractivity contribution in [1.82, 2.24) is 4.98 Å². The van der Waals surface area contributed by atoms with Crippen LogP contribution in [0.5, 0.6) is 5.88 Å². The van der Waals surface area contributed by atoms with Gasteiger partial charge in [-0.25, -0.2) is 13.8 Å². The molecule has 0 saturated carbocycles. The molecule has 0 radical (unpaired) electrons. The van der Waals surface area contributed by atoms with Crippen LogP contribution in [-0.2, 0) is 0 Å². The van der Waals surface area contributed by atoms with Crippen LogP contribution in [0.4, 0.5) is 22.0 Å². The Kier molecular flexibility index (Phi) is 6.21. The zero-order chi connectivity index (χ0) is 19.2. The molecular formula is C18H13F5N2O. The number of ether oxygens (including phenoxy) is 1. The van der Waals surface area contributed by atoms with Crippen LogP contribution in [0.1, 0.15) is 0 Å². The van der Waals surface area contributed by atoms with Crippen molar-refractivity contribution in [3.8, 4) is 17.0 Å². The van der Waals surface area contributed by atoms with Crippen molar-refractivity contribution in [3.63, 3.8) is 0 Å². The summed E-state index contributed by atoms with van der Waals surface area (Å²) in [5, 5.41) is 0. The minimum atomic E-state index is -4.46. The van der Waals surface area contributed by atoms with Crippen molar-refractivity contribution in [1.29, 1.82) is 0 Å². The average Bonchev–Trinajstić information content (AvgIpc) is 2.57. The molecule has 0 bridgehead atoms. The minimum Gasteiger partial charge on any atom is -0.437 e. The van der Waals surface area contributed by atoms with Gasteiger partial charge in [-0.15, -0.1) is 0 Å². The Hall–Kier alpha value is -3.03. The number of nitrogens with zero attached hydrogens (tertiary/aromatic N) is 2. The van der Waals surface area contributed by atoms with Crippen LogP contribution in [0.3, 0.4) is 0 Å². The highest BCUT2D eigenvalue weighted by molar-refractivity contribution is 5.78. The summed E-state index contributed by atoms with van der Waals surface area (Å²) in [6.45, 7) is 2.04. The fraction of sp³-hybridized carbons (Fsp3) is 0.111. The second-order valence-corrected chi connectivity index (χ2v) is 4.97. The van der Waals surface area contributed by atoms with E-state index < -0.39 is 24.4 Å². The van der Waals surface area contributed by atoms with Crippen molar-refractivity contribution < 1.29 is 26.7 Å². The highest BCUT2D eigenvalue weighted by Crippen LogP contribution is 2.31. The smallest absolute Gasteiger partial charge is 0.407 e. The summed E-state index contributed by atoms with van der Waals surface area (Å²) in [5.74, 6) is -1.58. The molecule has 0 saturated heterocycles. The van der Waals surface area contributed by atoms with E-state index >= 15 is 0 Å². The Morgan fingerprint density at radius 3 is 2.65 bits per heavy atom. The summed E-state index contributed by atoms with van der Waals surface area (Å²) in [7, 11) is 0. The summed E-state index contributed by atoms with van der Waals surface area (Å²) in [6, 6.07) is 5.81. The van der Waals surface area contributed by atoms with Crippen molar-refractivity contribution in [2.45, 2.75) is 6.18 Å². The van der Waals surface area contributed by atoms with Gasteiger partial charge in [0.1, 0.15) is 23.9 Å². The Balaban J connectivity index is 2.35. The standard InChI is InChI=1S/C18H13F5N2O/c1-2-4-13(10-24-11-18(21,22)23)26-17-14(5-3-8-25-17)15-9-12(19)6-7-16(15)20/h2-10H,1,11H2/b13-4+,24-10?. The van der Waals surface area contributed by atoms with Gasteiger partial charge in [-0.05, 0) is 36.4 Å². The second-order valence-electron chi connectivity index (χ2n) is 4.97. The topological polar surface area (TPSA) is 34.5 Å². The molecule has 3 nitrogen and oxygen atoms in total. The number of allylic oxidation sites excluding steroid dienone is 3. The molecule has 2 rings (SSSR count). The quantitative estimate of drug-likeness (QED) is 0.307. The van der Waals surface area contributed by atoms with Gasteiger partial charge in [0, 0.05) is 17.3 Å². The van der Waals surface area contributed by atoms with E-state index in [-0.39, 0.29) is 22.8 Å². The number of pyridine rings is 1. The van der Waals surface area contributed by atoms with Crippen LogP contribution in [0.2, 0.25) is 0 Å². The monoisotopic (exact) mass is 368 g/mol. The van der Waals surface area contributed by atoms with Crippen LogP contribution >= 0.6 is 0 Å². The lowest BCUT2D eigenvalue weighted by Gasteiger charge is -2.11. The number of aliphatic imine (C=N–C) groups is 1. The van der Waals surface area contributed by atoms with E-state index in [1.165, 1.54) is 30.5 Å². The third-order valence-corrected chi connectivity index (χ3v) is 2.98. The van der Waals surface area contributed by atoms with Crippen LogP contribution in [-0.4, -0.2) is 23.9 Å². The average molecular weight is 368 g/mol. The van der Waals surface area contributed by atoms with Gasteiger partial charge in [-0.1, -0.05) is 12.7 Å². The number of aromatic nitrogens is 1. The first-order chi connectivity index (χ1) is 12.3. The summed E-state index contributed by atoms with van der Waals surface area (Å²) < 4.78 is 69.5. The normalized spacial score (nSPS) is 12.4. The van der Waals surface area contributed by atoms with Crippen molar-refractivity contribution in [3.05, 3.63) is 72.7 Å². The molecule has 0 aliphatic heterocycles. The third kappa shape index (κ3) is 5.51. The molecule has 0 amide bonds. The van der Waals surface area contributed by atoms with E-state index in [4.69, 9.17) is 4.74 Å². The molecule has 0 aliphatic carbocycles. The molecule has 2 aromatic rings. The fourth-order valence-electron chi connectivity index (χ4n) is 1.95. The van der Waals surface area contributed by atoms with E-state index in [1.807, 2.05) is 0 Å². The molecule has 0 aliphatic rings. The number of benzene rings is 1. The maximum atomic E-state index is 14.0. The highest BCUT2D eigenvalue weighted by atomic mass is 19.4. The number of halogens is 5. The first-order valence-corrected chi connectivity index (χ1v) is 7.28. The number of alkyl halides is 3. The molecule has 1 aromatic carbocycles. The molecule has 136 valence electrons. The summed E-state index contributed by atoms with van der Waals surface area (Å²) in [6.07, 6.45) is 0.279. The van der Waals surface area contributed by atoms with Gasteiger partial charge in [-0.2, -0.15) is 13.2 Å². The maximum Gasteiger partial charge on any atom is 0.407 e. The largest absolute Gasteiger partial charge is 0.437 e. The van der Waals surface area contributed by atoms with Gasteiger partial charge < -0.3 is 4.74 Å². The van der Waals surface area contributed by atoms with E-state index in [1.54, 1.807) is 0 Å². The van der Waals surface area contributed by atoms with Gasteiger partial charge in [-0.3, -0.25) is 4.99 Å². The molecule has 26 heavy (non-hydrogen) atoms. The lowest BCUT2D eigenvalue weighted by molar-refractivity contribution is -0.118. The fourth-order valence-corrected chi connectivity index (χ4v) is 1.95. The summed E-state index contributed by atoms with van der Waals surface area (Å²) in [4.78, 5) is 7.17. The van der Waals surface area contributed by atoms with E-state index in [2.05, 4.69) is 16.6 Å². The minimum absolute atomic E-state index is 0.0963. The Morgan fingerprint density at radius 2 is 1.96 bits per heavy atom. The lowest BCUT2D eigenvalue weighted by Crippen LogP contribution is -2.12. The number of rotatable bonds is 6. The highest BCUT2D eigenvalue weighted by Gasteiger charge is 2.26.